The maximum absolute atomic E-state index is 13.2. The molecule has 29 heavy (non-hydrogen) atoms. The molecule has 2 saturated heterocycles. The number of amides is 2. The van der Waals surface area contributed by atoms with E-state index in [4.69, 9.17) is 4.74 Å². The molecule has 2 heterocycles. The molecule has 2 aromatic rings. The predicted molar refractivity (Wildman–Crippen MR) is 108 cm³/mol. The van der Waals surface area contributed by atoms with Crippen LogP contribution in [0, 0.1) is 0 Å². The smallest absolute Gasteiger partial charge is 0.249 e. The van der Waals surface area contributed by atoms with Crippen LogP contribution < -0.4 is 4.90 Å². The number of carbonyl (C=O) groups is 2. The van der Waals surface area contributed by atoms with Crippen molar-refractivity contribution in [2.45, 2.75) is 12.6 Å². The van der Waals surface area contributed by atoms with Gasteiger partial charge < -0.3 is 24.5 Å². The number of nitrogens with zero attached hydrogens (tertiary/aromatic N) is 3. The number of piperazine rings is 1. The van der Waals surface area contributed by atoms with Gasteiger partial charge in [-0.2, -0.15) is 0 Å². The average Bonchev–Trinajstić information content (AvgIpc) is 2.76. The average molecular weight is 395 g/mol. The van der Waals surface area contributed by atoms with Crippen LogP contribution in [0.2, 0.25) is 0 Å². The number of ether oxygens (including phenoxy) is 1. The first-order chi connectivity index (χ1) is 14.1. The molecule has 1 N–H and O–H groups in total. The number of para-hydroxylation sites is 2. The number of carbonyl (C=O) groups excluding carboxylic acids is 2. The SMILES string of the molecule is O=C([C@H]1COCC(=O)N1Cc1ccccc1)N1CCN(c2ccccc2O)CC1. The monoisotopic (exact) mass is 395 g/mol. The Balaban J connectivity index is 1.42. The molecule has 7 nitrogen and oxygen atoms in total. The minimum Gasteiger partial charge on any atom is -0.506 e. The van der Waals surface area contributed by atoms with Crippen LogP contribution in [0.5, 0.6) is 5.75 Å². The van der Waals surface area contributed by atoms with Gasteiger partial charge in [-0.15, -0.1) is 0 Å². The van der Waals surface area contributed by atoms with Crippen LogP contribution in [0.1, 0.15) is 5.56 Å². The largest absolute Gasteiger partial charge is 0.506 e. The first kappa shape index (κ1) is 19.3. The maximum Gasteiger partial charge on any atom is 0.249 e. The molecule has 0 unspecified atom stereocenters. The summed E-state index contributed by atoms with van der Waals surface area (Å²) in [7, 11) is 0. The lowest BCUT2D eigenvalue weighted by Crippen LogP contribution is -2.59. The molecule has 0 aromatic heterocycles. The molecule has 2 aliphatic rings. The minimum absolute atomic E-state index is 0.0116. The fraction of sp³-hybridized carbons (Fsp3) is 0.364. The molecule has 0 aliphatic carbocycles. The van der Waals surface area contributed by atoms with E-state index in [2.05, 4.69) is 4.90 Å². The summed E-state index contributed by atoms with van der Waals surface area (Å²) in [6, 6.07) is 16.3. The van der Waals surface area contributed by atoms with Crippen LogP contribution in [-0.4, -0.2) is 72.2 Å². The van der Waals surface area contributed by atoms with Crippen LogP contribution in [-0.2, 0) is 20.9 Å². The van der Waals surface area contributed by atoms with Gasteiger partial charge in [-0.25, -0.2) is 0 Å². The number of rotatable bonds is 4. The minimum atomic E-state index is -0.604. The van der Waals surface area contributed by atoms with E-state index in [9.17, 15) is 14.7 Å². The number of aromatic hydroxyl groups is 1. The predicted octanol–water partition coefficient (Wildman–Crippen LogP) is 1.47. The van der Waals surface area contributed by atoms with Crippen molar-refractivity contribution in [2.24, 2.45) is 0 Å². The standard InChI is InChI=1S/C22H25N3O4/c26-20-9-5-4-8-18(20)23-10-12-24(13-11-23)22(28)19-15-29-16-21(27)25(19)14-17-6-2-1-3-7-17/h1-9,19,26H,10-16H2/t19-/m1/s1. The van der Waals surface area contributed by atoms with Gasteiger partial charge in [0, 0.05) is 32.7 Å². The zero-order valence-electron chi connectivity index (χ0n) is 16.2. The van der Waals surface area contributed by atoms with E-state index in [1.165, 1.54) is 0 Å². The number of phenols is 1. The van der Waals surface area contributed by atoms with E-state index in [0.29, 0.717) is 32.7 Å². The Morgan fingerprint density at radius 1 is 1.00 bits per heavy atom. The molecule has 0 saturated carbocycles. The second-order valence-electron chi connectivity index (χ2n) is 7.34. The third-order valence-electron chi connectivity index (χ3n) is 5.49. The third kappa shape index (κ3) is 4.19. The van der Waals surface area contributed by atoms with Crippen LogP contribution >= 0.6 is 0 Å². The number of morpholine rings is 1. The first-order valence-electron chi connectivity index (χ1n) is 9.86. The number of anilines is 1. The van der Waals surface area contributed by atoms with E-state index in [0.717, 1.165) is 11.3 Å². The quantitative estimate of drug-likeness (QED) is 0.849. The molecule has 2 fully saturated rings. The van der Waals surface area contributed by atoms with Gasteiger partial charge in [-0.3, -0.25) is 9.59 Å². The lowest BCUT2D eigenvalue weighted by molar-refractivity contribution is -0.160. The number of hydrogen-bond acceptors (Lipinski definition) is 5. The second kappa shape index (κ2) is 8.53. The van der Waals surface area contributed by atoms with Gasteiger partial charge in [0.05, 0.1) is 12.3 Å². The molecule has 0 spiro atoms. The van der Waals surface area contributed by atoms with Gasteiger partial charge in [-0.1, -0.05) is 42.5 Å². The summed E-state index contributed by atoms with van der Waals surface area (Å²) in [6.45, 7) is 2.97. The summed E-state index contributed by atoms with van der Waals surface area (Å²) in [4.78, 5) is 31.2. The molecule has 2 aromatic carbocycles. The van der Waals surface area contributed by atoms with E-state index in [-0.39, 0.29) is 30.8 Å². The highest BCUT2D eigenvalue weighted by atomic mass is 16.5. The van der Waals surface area contributed by atoms with Gasteiger partial charge in [0.1, 0.15) is 18.4 Å². The molecule has 0 bridgehead atoms. The highest BCUT2D eigenvalue weighted by Gasteiger charge is 2.37. The van der Waals surface area contributed by atoms with Crippen molar-refractivity contribution >= 4 is 17.5 Å². The molecular weight excluding hydrogens is 370 g/mol. The fourth-order valence-electron chi connectivity index (χ4n) is 3.90. The molecule has 2 aliphatic heterocycles. The molecule has 152 valence electrons. The molecule has 4 rings (SSSR count). The van der Waals surface area contributed by atoms with Crippen LogP contribution in [0.25, 0.3) is 0 Å². The molecular formula is C22H25N3O4. The topological polar surface area (TPSA) is 73.3 Å². The van der Waals surface area contributed by atoms with Crippen molar-refractivity contribution in [3.8, 4) is 5.75 Å². The summed E-state index contributed by atoms with van der Waals surface area (Å²) in [6.07, 6.45) is 0. The third-order valence-corrected chi connectivity index (χ3v) is 5.49. The normalized spacial score (nSPS) is 20.1. The van der Waals surface area contributed by atoms with Crippen LogP contribution in [0.15, 0.2) is 54.6 Å². The van der Waals surface area contributed by atoms with Gasteiger partial charge in [0.15, 0.2) is 0 Å². The maximum atomic E-state index is 13.2. The summed E-state index contributed by atoms with van der Waals surface area (Å²) in [5, 5.41) is 10.1. The van der Waals surface area contributed by atoms with Gasteiger partial charge in [0.25, 0.3) is 0 Å². The zero-order chi connectivity index (χ0) is 20.2. The number of hydrogen-bond donors (Lipinski definition) is 1. The Morgan fingerprint density at radius 3 is 2.41 bits per heavy atom. The summed E-state index contributed by atoms with van der Waals surface area (Å²) >= 11 is 0. The first-order valence-corrected chi connectivity index (χ1v) is 9.86. The Kier molecular flexibility index (Phi) is 5.67. The molecule has 2 amide bonds. The van der Waals surface area contributed by atoms with E-state index in [1.807, 2.05) is 42.5 Å². The highest BCUT2D eigenvalue weighted by molar-refractivity contribution is 5.89. The van der Waals surface area contributed by atoms with E-state index >= 15 is 0 Å². The van der Waals surface area contributed by atoms with Gasteiger partial charge in [0.2, 0.25) is 11.8 Å². The lowest BCUT2D eigenvalue weighted by atomic mass is 10.1. The zero-order valence-corrected chi connectivity index (χ0v) is 16.2. The Bertz CT molecular complexity index is 865. The van der Waals surface area contributed by atoms with Crippen molar-refractivity contribution in [3.63, 3.8) is 0 Å². The molecule has 7 heteroatoms. The number of phenolic OH excluding ortho intramolecular Hbond substituents is 1. The van der Waals surface area contributed by atoms with Crippen molar-refractivity contribution in [1.29, 1.82) is 0 Å². The fourth-order valence-corrected chi connectivity index (χ4v) is 3.90. The Labute approximate surface area is 170 Å². The van der Waals surface area contributed by atoms with Crippen LogP contribution in [0.4, 0.5) is 5.69 Å². The van der Waals surface area contributed by atoms with Crippen molar-refractivity contribution < 1.29 is 19.4 Å². The second-order valence-corrected chi connectivity index (χ2v) is 7.34. The van der Waals surface area contributed by atoms with Gasteiger partial charge in [-0.05, 0) is 17.7 Å². The van der Waals surface area contributed by atoms with Gasteiger partial charge >= 0.3 is 0 Å². The highest BCUT2D eigenvalue weighted by Crippen LogP contribution is 2.27. The lowest BCUT2D eigenvalue weighted by Gasteiger charge is -2.41. The summed E-state index contributed by atoms with van der Waals surface area (Å²) < 4.78 is 5.40. The van der Waals surface area contributed by atoms with Crippen LogP contribution in [0.3, 0.4) is 0 Å². The van der Waals surface area contributed by atoms with E-state index in [1.54, 1.807) is 21.9 Å². The van der Waals surface area contributed by atoms with E-state index < -0.39 is 6.04 Å². The summed E-state index contributed by atoms with van der Waals surface area (Å²) in [5.41, 5.74) is 1.77. The van der Waals surface area contributed by atoms with Crippen molar-refractivity contribution in [2.75, 3.05) is 44.3 Å². The summed E-state index contributed by atoms with van der Waals surface area (Å²) in [5.74, 6) is 0.00445. The molecule has 1 atom stereocenters. The Hall–Kier alpha value is -3.06. The Morgan fingerprint density at radius 2 is 1.69 bits per heavy atom. The van der Waals surface area contributed by atoms with Crippen molar-refractivity contribution in [3.05, 3.63) is 60.2 Å². The number of benzene rings is 2. The molecule has 0 radical (unpaired) electrons. The van der Waals surface area contributed by atoms with Crippen molar-refractivity contribution in [1.82, 2.24) is 9.80 Å².